The van der Waals surface area contributed by atoms with Gasteiger partial charge in [-0.05, 0) is 49.5 Å². The maximum atomic E-state index is 5.63. The molecule has 0 aliphatic heterocycles. The predicted molar refractivity (Wildman–Crippen MR) is 78.5 cm³/mol. The molecule has 0 aromatic heterocycles. The van der Waals surface area contributed by atoms with Crippen molar-refractivity contribution in [2.24, 2.45) is 0 Å². The van der Waals surface area contributed by atoms with Gasteiger partial charge in [0.25, 0.3) is 0 Å². The summed E-state index contributed by atoms with van der Waals surface area (Å²) in [5.41, 5.74) is 2.35. The van der Waals surface area contributed by atoms with Crippen molar-refractivity contribution in [3.8, 4) is 5.75 Å². The molecule has 0 bridgehead atoms. The van der Waals surface area contributed by atoms with Crippen molar-refractivity contribution in [2.75, 3.05) is 30.0 Å². The second-order valence-corrected chi connectivity index (χ2v) is 5.30. The Morgan fingerprint density at radius 3 is 2.82 bits per heavy atom. The molecular formula is C14H23NOS. The summed E-state index contributed by atoms with van der Waals surface area (Å²) < 4.78 is 5.63. The number of thioether (sulfide) groups is 1. The number of anilines is 1. The molecule has 0 saturated heterocycles. The topological polar surface area (TPSA) is 21.3 Å². The van der Waals surface area contributed by atoms with E-state index in [0.717, 1.165) is 18.0 Å². The number of benzene rings is 1. The van der Waals surface area contributed by atoms with Gasteiger partial charge in [0.1, 0.15) is 5.75 Å². The highest BCUT2D eigenvalue weighted by Crippen LogP contribution is 2.25. The van der Waals surface area contributed by atoms with Gasteiger partial charge in [0.2, 0.25) is 0 Å². The summed E-state index contributed by atoms with van der Waals surface area (Å²) in [4.78, 5) is 0. The Balaban J connectivity index is 2.45. The van der Waals surface area contributed by atoms with Crippen LogP contribution in [0.4, 0.5) is 5.69 Å². The Morgan fingerprint density at radius 2 is 2.12 bits per heavy atom. The Hall–Kier alpha value is -0.830. The van der Waals surface area contributed by atoms with E-state index in [0.29, 0.717) is 6.61 Å². The van der Waals surface area contributed by atoms with Gasteiger partial charge in [-0.25, -0.2) is 0 Å². The summed E-state index contributed by atoms with van der Waals surface area (Å²) in [5, 5.41) is 3.45. The molecule has 0 spiro atoms. The number of hydrogen-bond acceptors (Lipinski definition) is 3. The molecule has 0 saturated carbocycles. The third kappa shape index (κ3) is 5.35. The maximum Gasteiger partial charge on any atom is 0.142 e. The molecule has 3 heteroatoms. The zero-order valence-electron chi connectivity index (χ0n) is 11.1. The predicted octanol–water partition coefficient (Wildman–Crippen LogP) is 3.95. The fourth-order valence-corrected chi connectivity index (χ4v) is 2.23. The van der Waals surface area contributed by atoms with Gasteiger partial charge in [-0.1, -0.05) is 13.0 Å². The van der Waals surface area contributed by atoms with E-state index in [1.807, 2.05) is 18.7 Å². The second kappa shape index (κ2) is 8.29. The first-order chi connectivity index (χ1) is 8.27. The molecule has 0 radical (unpaired) electrons. The minimum atomic E-state index is 0.712. The number of nitrogens with one attached hydrogen (secondary N) is 1. The van der Waals surface area contributed by atoms with Crippen LogP contribution in [0.25, 0.3) is 0 Å². The zero-order chi connectivity index (χ0) is 12.5. The molecule has 0 unspecified atom stereocenters. The number of rotatable bonds is 8. The molecule has 1 rings (SSSR count). The SMILES string of the molecule is CCOc1cc(C)ccc1NCCCSCC. The summed E-state index contributed by atoms with van der Waals surface area (Å²) in [6.45, 7) is 8.03. The van der Waals surface area contributed by atoms with Crippen LogP contribution in [0, 0.1) is 6.92 Å². The van der Waals surface area contributed by atoms with Crippen LogP contribution in [0.2, 0.25) is 0 Å². The minimum Gasteiger partial charge on any atom is -0.492 e. The average molecular weight is 253 g/mol. The van der Waals surface area contributed by atoms with Gasteiger partial charge in [0.05, 0.1) is 12.3 Å². The van der Waals surface area contributed by atoms with E-state index in [9.17, 15) is 0 Å². The van der Waals surface area contributed by atoms with Gasteiger partial charge in [0.15, 0.2) is 0 Å². The summed E-state index contributed by atoms with van der Waals surface area (Å²) in [6.07, 6.45) is 1.19. The van der Waals surface area contributed by atoms with Gasteiger partial charge in [-0.3, -0.25) is 0 Å². The second-order valence-electron chi connectivity index (χ2n) is 3.91. The van der Waals surface area contributed by atoms with Crippen LogP contribution in [0.15, 0.2) is 18.2 Å². The molecule has 1 aromatic carbocycles. The van der Waals surface area contributed by atoms with Crippen LogP contribution in [0.5, 0.6) is 5.75 Å². The van der Waals surface area contributed by atoms with Crippen LogP contribution < -0.4 is 10.1 Å². The Kier molecular flexibility index (Phi) is 6.94. The number of hydrogen-bond donors (Lipinski definition) is 1. The van der Waals surface area contributed by atoms with Crippen molar-refractivity contribution in [3.05, 3.63) is 23.8 Å². The van der Waals surface area contributed by atoms with E-state index in [4.69, 9.17) is 4.74 Å². The van der Waals surface area contributed by atoms with E-state index < -0.39 is 0 Å². The average Bonchev–Trinajstić information content (AvgIpc) is 2.32. The van der Waals surface area contributed by atoms with E-state index in [1.165, 1.54) is 23.5 Å². The molecule has 1 N–H and O–H groups in total. The summed E-state index contributed by atoms with van der Waals surface area (Å²) >= 11 is 1.99. The fraction of sp³-hybridized carbons (Fsp3) is 0.571. The third-order valence-electron chi connectivity index (χ3n) is 2.42. The largest absolute Gasteiger partial charge is 0.492 e. The quantitative estimate of drug-likeness (QED) is 0.709. The third-order valence-corrected chi connectivity index (χ3v) is 3.41. The zero-order valence-corrected chi connectivity index (χ0v) is 11.9. The molecule has 0 heterocycles. The molecule has 0 aliphatic carbocycles. The Morgan fingerprint density at radius 1 is 1.29 bits per heavy atom. The lowest BCUT2D eigenvalue weighted by molar-refractivity contribution is 0.341. The maximum absolute atomic E-state index is 5.63. The lowest BCUT2D eigenvalue weighted by atomic mass is 10.2. The van der Waals surface area contributed by atoms with Gasteiger partial charge < -0.3 is 10.1 Å². The van der Waals surface area contributed by atoms with Gasteiger partial charge in [0, 0.05) is 6.54 Å². The summed E-state index contributed by atoms with van der Waals surface area (Å²) in [7, 11) is 0. The fourth-order valence-electron chi connectivity index (χ4n) is 1.59. The Bertz CT molecular complexity index is 328. The first-order valence-corrected chi connectivity index (χ1v) is 7.48. The molecule has 17 heavy (non-hydrogen) atoms. The Labute approximate surface area is 109 Å². The van der Waals surface area contributed by atoms with Crippen LogP contribution in [-0.2, 0) is 0 Å². The first kappa shape index (κ1) is 14.2. The van der Waals surface area contributed by atoms with Crippen molar-refractivity contribution in [1.82, 2.24) is 0 Å². The van der Waals surface area contributed by atoms with Crippen LogP contribution in [-0.4, -0.2) is 24.7 Å². The highest BCUT2D eigenvalue weighted by atomic mass is 32.2. The van der Waals surface area contributed by atoms with Crippen LogP contribution in [0.1, 0.15) is 25.8 Å². The molecule has 0 fully saturated rings. The van der Waals surface area contributed by atoms with Crippen molar-refractivity contribution in [3.63, 3.8) is 0 Å². The van der Waals surface area contributed by atoms with Crippen molar-refractivity contribution < 1.29 is 4.74 Å². The molecule has 0 aliphatic rings. The first-order valence-electron chi connectivity index (χ1n) is 6.33. The molecule has 2 nitrogen and oxygen atoms in total. The monoisotopic (exact) mass is 253 g/mol. The standard InChI is InChI=1S/C14H23NOS/c1-4-16-14-11-12(3)7-8-13(14)15-9-6-10-17-5-2/h7-8,11,15H,4-6,9-10H2,1-3H3. The van der Waals surface area contributed by atoms with Gasteiger partial charge in [-0.2, -0.15) is 11.8 Å². The molecule has 96 valence electrons. The highest BCUT2D eigenvalue weighted by Gasteiger charge is 2.02. The van der Waals surface area contributed by atoms with E-state index >= 15 is 0 Å². The molecule has 1 aromatic rings. The minimum absolute atomic E-state index is 0.712. The van der Waals surface area contributed by atoms with E-state index in [2.05, 4.69) is 37.4 Å². The molecular weight excluding hydrogens is 230 g/mol. The lowest BCUT2D eigenvalue weighted by Crippen LogP contribution is -2.05. The summed E-state index contributed by atoms with van der Waals surface area (Å²) in [6, 6.07) is 6.31. The van der Waals surface area contributed by atoms with Gasteiger partial charge in [-0.15, -0.1) is 0 Å². The van der Waals surface area contributed by atoms with Gasteiger partial charge >= 0.3 is 0 Å². The summed E-state index contributed by atoms with van der Waals surface area (Å²) in [5.74, 6) is 3.39. The van der Waals surface area contributed by atoms with Crippen molar-refractivity contribution in [2.45, 2.75) is 27.2 Å². The van der Waals surface area contributed by atoms with E-state index in [1.54, 1.807) is 0 Å². The number of ether oxygens (including phenoxy) is 1. The van der Waals surface area contributed by atoms with Crippen molar-refractivity contribution in [1.29, 1.82) is 0 Å². The smallest absolute Gasteiger partial charge is 0.142 e. The number of aryl methyl sites for hydroxylation is 1. The van der Waals surface area contributed by atoms with E-state index in [-0.39, 0.29) is 0 Å². The van der Waals surface area contributed by atoms with Crippen LogP contribution >= 0.6 is 11.8 Å². The lowest BCUT2D eigenvalue weighted by Gasteiger charge is -2.13. The highest BCUT2D eigenvalue weighted by molar-refractivity contribution is 7.99. The van der Waals surface area contributed by atoms with Crippen molar-refractivity contribution >= 4 is 17.4 Å². The molecule has 0 amide bonds. The molecule has 0 atom stereocenters. The van der Waals surface area contributed by atoms with Crippen LogP contribution in [0.3, 0.4) is 0 Å². The normalized spacial score (nSPS) is 10.3.